The molecule has 38 heavy (non-hydrogen) atoms. The first-order valence-corrected chi connectivity index (χ1v) is 14.1. The molecule has 0 spiro atoms. The van der Waals surface area contributed by atoms with Crippen molar-refractivity contribution in [1.82, 2.24) is 20.1 Å². The molecule has 11 heteroatoms. The minimum atomic E-state index is -0.335. The first-order chi connectivity index (χ1) is 18.4. The largest absolute Gasteiger partial charge is 0.383 e. The average molecular weight is 545 g/mol. The zero-order chi connectivity index (χ0) is 27.1. The van der Waals surface area contributed by atoms with E-state index in [9.17, 15) is 9.59 Å². The van der Waals surface area contributed by atoms with Gasteiger partial charge in [0.1, 0.15) is 5.69 Å². The highest BCUT2D eigenvalue weighted by Gasteiger charge is 2.26. The molecule has 1 aromatic carbocycles. The fourth-order valence-electron chi connectivity index (χ4n) is 5.00. The van der Waals surface area contributed by atoms with Crippen LogP contribution in [0.4, 0.5) is 10.8 Å². The summed E-state index contributed by atoms with van der Waals surface area (Å²) in [5.41, 5.74) is 2.28. The maximum atomic E-state index is 13.1. The van der Waals surface area contributed by atoms with Crippen molar-refractivity contribution >= 4 is 34.0 Å². The Kier molecular flexibility index (Phi) is 10.1. The number of carbonyl (C=O) groups excluding carboxylic acids is 2. The van der Waals surface area contributed by atoms with E-state index in [1.54, 1.807) is 19.6 Å². The summed E-state index contributed by atoms with van der Waals surface area (Å²) in [5.74, 6) is -0.579. The summed E-state index contributed by atoms with van der Waals surface area (Å²) in [4.78, 5) is 37.6. The monoisotopic (exact) mass is 544 g/mol. The third kappa shape index (κ3) is 7.29. The molecule has 0 aliphatic carbocycles. The van der Waals surface area contributed by atoms with Crippen molar-refractivity contribution in [2.45, 2.75) is 38.0 Å². The van der Waals surface area contributed by atoms with Gasteiger partial charge in [0.05, 0.1) is 24.0 Å². The molecule has 2 saturated heterocycles. The molecule has 1 aromatic heterocycles. The number of anilines is 2. The van der Waals surface area contributed by atoms with Gasteiger partial charge in [0.25, 0.3) is 11.8 Å². The van der Waals surface area contributed by atoms with Crippen LogP contribution in [0.1, 0.15) is 45.7 Å². The summed E-state index contributed by atoms with van der Waals surface area (Å²) >= 11 is 1.44. The molecule has 2 atom stereocenters. The molecule has 208 valence electrons. The molecule has 2 N–H and O–H groups in total. The van der Waals surface area contributed by atoms with E-state index in [1.165, 1.54) is 17.8 Å². The number of thiazole rings is 1. The van der Waals surface area contributed by atoms with E-state index < -0.39 is 0 Å². The molecule has 4 rings (SSSR count). The molecular weight excluding hydrogens is 504 g/mol. The lowest BCUT2D eigenvalue weighted by molar-refractivity contribution is 0.0937. The maximum absolute atomic E-state index is 13.1. The molecular formula is C27H40N6O4S. The van der Waals surface area contributed by atoms with E-state index in [2.05, 4.69) is 44.4 Å². The minimum Gasteiger partial charge on any atom is -0.383 e. The van der Waals surface area contributed by atoms with Crippen LogP contribution in [0.5, 0.6) is 0 Å². The number of ether oxygens (including phenoxy) is 2. The van der Waals surface area contributed by atoms with Crippen molar-refractivity contribution in [1.29, 1.82) is 0 Å². The summed E-state index contributed by atoms with van der Waals surface area (Å²) in [7, 11) is 7.57. The zero-order valence-electron chi connectivity index (χ0n) is 22.9. The van der Waals surface area contributed by atoms with Crippen molar-refractivity contribution in [2.75, 3.05) is 77.9 Å². The number of amides is 2. The highest BCUT2D eigenvalue weighted by Crippen LogP contribution is 2.27. The molecule has 2 aromatic rings. The lowest BCUT2D eigenvalue weighted by Crippen LogP contribution is -2.44. The predicted molar refractivity (Wildman–Crippen MR) is 150 cm³/mol. The van der Waals surface area contributed by atoms with Crippen LogP contribution in [0.25, 0.3) is 0 Å². The standard InChI is InChI=1S/C27H40N6O4S/c1-31(2)20-6-5-11-32(16-20)15-19-7-8-23(22(14-19)25(34)28-10-13-36-3)29-26(35)24-18-38-27(30-24)33-12-9-21(17-33)37-4/h7-8,14,18,20-21H,5-6,9-13,15-17H2,1-4H3,(H,28,34)(H,29,35)/t20?,21-/m0/s1. The second kappa shape index (κ2) is 13.5. The Labute approximate surface area is 229 Å². The Morgan fingerprint density at radius 1 is 1.16 bits per heavy atom. The molecule has 1 unspecified atom stereocenters. The quantitative estimate of drug-likeness (QED) is 0.417. The summed E-state index contributed by atoms with van der Waals surface area (Å²) in [5, 5.41) is 8.38. The van der Waals surface area contributed by atoms with Gasteiger partial charge in [-0.1, -0.05) is 6.07 Å². The third-order valence-corrected chi connectivity index (χ3v) is 8.16. The number of nitrogens with zero attached hydrogens (tertiary/aromatic N) is 4. The van der Waals surface area contributed by atoms with Crippen LogP contribution < -0.4 is 15.5 Å². The number of likely N-dealkylation sites (N-methyl/N-ethyl adjacent to an activating group) is 1. The number of nitrogens with one attached hydrogen (secondary N) is 2. The van der Waals surface area contributed by atoms with Gasteiger partial charge in [-0.05, 0) is 57.6 Å². The molecule has 0 saturated carbocycles. The van der Waals surface area contributed by atoms with Gasteiger partial charge in [0.15, 0.2) is 5.13 Å². The van der Waals surface area contributed by atoms with Gasteiger partial charge in [0.2, 0.25) is 0 Å². The zero-order valence-corrected chi connectivity index (χ0v) is 23.7. The number of likely N-dealkylation sites (tertiary alicyclic amines) is 1. The van der Waals surface area contributed by atoms with Gasteiger partial charge in [-0.3, -0.25) is 14.5 Å². The Balaban J connectivity index is 1.48. The van der Waals surface area contributed by atoms with E-state index in [1.807, 2.05) is 18.2 Å². The first kappa shape index (κ1) is 28.4. The molecule has 2 fully saturated rings. The number of carbonyl (C=O) groups is 2. The normalized spacial score (nSPS) is 20.2. The maximum Gasteiger partial charge on any atom is 0.275 e. The average Bonchev–Trinajstić information content (AvgIpc) is 3.60. The summed E-state index contributed by atoms with van der Waals surface area (Å²) in [6.07, 6.45) is 3.48. The van der Waals surface area contributed by atoms with Gasteiger partial charge >= 0.3 is 0 Å². The number of methoxy groups -OCH3 is 2. The SMILES string of the molecule is COCCNC(=O)c1cc(CN2CCCC(N(C)C)C2)ccc1NC(=O)c1csc(N2CC[C@H](OC)C2)n1. The van der Waals surface area contributed by atoms with E-state index in [-0.39, 0.29) is 17.9 Å². The fourth-order valence-corrected chi connectivity index (χ4v) is 5.84. The molecule has 10 nitrogen and oxygen atoms in total. The molecule has 2 aliphatic heterocycles. The van der Waals surface area contributed by atoms with Crippen molar-refractivity contribution in [3.8, 4) is 0 Å². The Bertz CT molecular complexity index is 1090. The number of aromatic nitrogens is 1. The Hall–Kier alpha value is -2.57. The van der Waals surface area contributed by atoms with Crippen LogP contribution in [-0.2, 0) is 16.0 Å². The van der Waals surface area contributed by atoms with Gasteiger partial charge < -0.3 is 29.9 Å². The topological polar surface area (TPSA) is 99.3 Å². The second-order valence-electron chi connectivity index (χ2n) is 10.2. The van der Waals surface area contributed by atoms with E-state index in [0.717, 1.165) is 56.3 Å². The van der Waals surface area contributed by atoms with Crippen LogP contribution >= 0.6 is 11.3 Å². The van der Waals surface area contributed by atoms with Crippen LogP contribution in [0.15, 0.2) is 23.6 Å². The first-order valence-electron chi connectivity index (χ1n) is 13.2. The number of rotatable bonds is 11. The Morgan fingerprint density at radius 3 is 2.74 bits per heavy atom. The molecule has 3 heterocycles. The fraction of sp³-hybridized carbons (Fsp3) is 0.593. The summed E-state index contributed by atoms with van der Waals surface area (Å²) < 4.78 is 10.5. The number of hydrogen-bond donors (Lipinski definition) is 2. The number of hydrogen-bond acceptors (Lipinski definition) is 9. The smallest absolute Gasteiger partial charge is 0.275 e. The summed E-state index contributed by atoms with van der Waals surface area (Å²) in [6, 6.07) is 6.23. The van der Waals surface area contributed by atoms with Crippen LogP contribution in [0, 0.1) is 0 Å². The number of benzene rings is 1. The molecule has 0 radical (unpaired) electrons. The van der Waals surface area contributed by atoms with Crippen molar-refractivity contribution in [3.63, 3.8) is 0 Å². The minimum absolute atomic E-state index is 0.188. The molecule has 0 bridgehead atoms. The van der Waals surface area contributed by atoms with E-state index in [4.69, 9.17) is 9.47 Å². The van der Waals surface area contributed by atoms with Gasteiger partial charge in [-0.25, -0.2) is 4.98 Å². The van der Waals surface area contributed by atoms with Crippen molar-refractivity contribution < 1.29 is 19.1 Å². The molecule has 2 amide bonds. The Morgan fingerprint density at radius 2 is 2.00 bits per heavy atom. The van der Waals surface area contributed by atoms with Crippen LogP contribution in [0.2, 0.25) is 0 Å². The highest BCUT2D eigenvalue weighted by atomic mass is 32.1. The lowest BCUT2D eigenvalue weighted by Gasteiger charge is -2.36. The van der Waals surface area contributed by atoms with Gasteiger partial charge in [0, 0.05) is 58.4 Å². The van der Waals surface area contributed by atoms with Crippen LogP contribution in [-0.4, -0.2) is 106 Å². The summed E-state index contributed by atoms with van der Waals surface area (Å²) in [6.45, 7) is 5.20. The van der Waals surface area contributed by atoms with Crippen molar-refractivity contribution in [3.05, 3.63) is 40.4 Å². The van der Waals surface area contributed by atoms with Crippen molar-refractivity contribution in [2.24, 2.45) is 0 Å². The third-order valence-electron chi connectivity index (χ3n) is 7.26. The number of piperidine rings is 1. The lowest BCUT2D eigenvalue weighted by atomic mass is 10.0. The van der Waals surface area contributed by atoms with Crippen LogP contribution in [0.3, 0.4) is 0 Å². The highest BCUT2D eigenvalue weighted by molar-refractivity contribution is 7.14. The van der Waals surface area contributed by atoms with E-state index >= 15 is 0 Å². The van der Waals surface area contributed by atoms with Gasteiger partial charge in [-0.15, -0.1) is 11.3 Å². The molecule has 2 aliphatic rings. The van der Waals surface area contributed by atoms with E-state index in [0.29, 0.717) is 36.1 Å². The second-order valence-corrected chi connectivity index (χ2v) is 11.0. The predicted octanol–water partition coefficient (Wildman–Crippen LogP) is 2.52. The van der Waals surface area contributed by atoms with Gasteiger partial charge in [-0.2, -0.15) is 0 Å².